The van der Waals surface area contributed by atoms with Gasteiger partial charge in [0, 0.05) is 6.92 Å². The molecular formula is C13H21NO11. The number of carboxylic acids is 1. The van der Waals surface area contributed by atoms with Crippen LogP contribution in [0.2, 0.25) is 0 Å². The van der Waals surface area contributed by atoms with Crippen LogP contribution in [0, 0.1) is 0 Å². The van der Waals surface area contributed by atoms with E-state index in [-0.39, 0.29) is 0 Å². The average Bonchev–Trinajstić information content (AvgIpc) is 2.54. The van der Waals surface area contributed by atoms with Gasteiger partial charge >= 0.3 is 17.7 Å². The van der Waals surface area contributed by atoms with E-state index in [0.717, 1.165) is 6.92 Å². The van der Waals surface area contributed by atoms with Crippen LogP contribution >= 0.6 is 0 Å². The van der Waals surface area contributed by atoms with E-state index < -0.39 is 73.7 Å². The quantitative estimate of drug-likeness (QED) is 0.214. The monoisotopic (exact) mass is 367 g/mol. The Morgan fingerprint density at radius 3 is 2.36 bits per heavy atom. The minimum absolute atomic E-state index is 0.795. The molecule has 144 valence electrons. The topological polar surface area (TPSA) is 203 Å². The molecule has 0 radical (unpaired) electrons. The van der Waals surface area contributed by atoms with E-state index in [0.29, 0.717) is 0 Å². The predicted octanol–water partition coefficient (Wildman–Crippen LogP) is -4.33. The second-order valence-corrected chi connectivity index (χ2v) is 5.50. The highest BCUT2D eigenvalue weighted by Gasteiger charge is 2.57. The summed E-state index contributed by atoms with van der Waals surface area (Å²) in [4.78, 5) is 34.1. The molecule has 0 aromatic heterocycles. The van der Waals surface area contributed by atoms with Crippen molar-refractivity contribution in [3.8, 4) is 0 Å². The molecule has 1 aliphatic rings. The van der Waals surface area contributed by atoms with Crippen molar-refractivity contribution < 1.29 is 54.5 Å². The molecule has 7 N–H and O–H groups in total. The first-order valence-corrected chi connectivity index (χ1v) is 7.24. The predicted molar refractivity (Wildman–Crippen MR) is 75.7 cm³/mol. The Bertz CT molecular complexity index is 512. The summed E-state index contributed by atoms with van der Waals surface area (Å²) in [7, 11) is 0. The van der Waals surface area contributed by atoms with Gasteiger partial charge in [0.05, 0.1) is 25.2 Å². The van der Waals surface area contributed by atoms with Crippen molar-refractivity contribution in [2.24, 2.45) is 0 Å². The molecule has 12 heteroatoms. The van der Waals surface area contributed by atoms with E-state index in [1.807, 2.05) is 0 Å². The highest BCUT2D eigenvalue weighted by atomic mass is 16.7. The van der Waals surface area contributed by atoms with Crippen molar-refractivity contribution >= 4 is 17.8 Å². The number of hydrogen-bond acceptors (Lipinski definition) is 10. The zero-order valence-corrected chi connectivity index (χ0v) is 13.2. The highest BCUT2D eigenvalue weighted by Crippen LogP contribution is 2.33. The molecule has 12 nitrogen and oxygen atoms in total. The molecule has 0 aliphatic carbocycles. The Morgan fingerprint density at radius 1 is 1.32 bits per heavy atom. The molecule has 0 spiro atoms. The lowest BCUT2D eigenvalue weighted by Gasteiger charge is -2.45. The van der Waals surface area contributed by atoms with Crippen molar-refractivity contribution in [1.29, 1.82) is 0 Å². The van der Waals surface area contributed by atoms with Gasteiger partial charge in [0.2, 0.25) is 5.91 Å². The van der Waals surface area contributed by atoms with Crippen LogP contribution in [0.5, 0.6) is 0 Å². The third-order valence-electron chi connectivity index (χ3n) is 3.60. The fourth-order valence-electron chi connectivity index (χ4n) is 2.46. The molecule has 0 aromatic rings. The summed E-state index contributed by atoms with van der Waals surface area (Å²) in [6.07, 6.45) is -8.04. The maximum atomic E-state index is 11.5. The first-order valence-electron chi connectivity index (χ1n) is 7.24. The van der Waals surface area contributed by atoms with E-state index in [1.54, 1.807) is 0 Å². The normalized spacial score (nSPS) is 31.7. The molecule has 1 amide bonds. The second kappa shape index (κ2) is 8.51. The number of rotatable bonds is 7. The van der Waals surface area contributed by atoms with Crippen LogP contribution in [0.15, 0.2) is 0 Å². The van der Waals surface area contributed by atoms with Gasteiger partial charge in [-0.1, -0.05) is 0 Å². The first kappa shape index (κ1) is 21.2. The van der Waals surface area contributed by atoms with Crippen molar-refractivity contribution in [2.75, 3.05) is 13.2 Å². The highest BCUT2D eigenvalue weighted by molar-refractivity contribution is 5.80. The lowest BCUT2D eigenvalue weighted by Crippen LogP contribution is -2.68. The summed E-state index contributed by atoms with van der Waals surface area (Å²) < 4.78 is 9.79. The fourth-order valence-corrected chi connectivity index (χ4v) is 2.46. The summed E-state index contributed by atoms with van der Waals surface area (Å²) in [6, 6.07) is -1.46. The lowest BCUT2D eigenvalue weighted by atomic mass is 9.88. The number of carboxylic acid groups (broad SMARTS) is 1. The minimum atomic E-state index is -2.67. The van der Waals surface area contributed by atoms with Gasteiger partial charge in [0.15, 0.2) is 0 Å². The number of carbonyl (C=O) groups excluding carboxylic acids is 2. The number of ether oxygens (including phenoxy) is 2. The summed E-state index contributed by atoms with van der Waals surface area (Å²) in [5.41, 5.74) is 0. The van der Waals surface area contributed by atoms with Crippen molar-refractivity contribution in [3.05, 3.63) is 0 Å². The Kier molecular flexibility index (Phi) is 7.22. The molecule has 25 heavy (non-hydrogen) atoms. The van der Waals surface area contributed by atoms with Crippen LogP contribution in [0.1, 0.15) is 13.3 Å². The van der Waals surface area contributed by atoms with E-state index in [2.05, 4.69) is 10.1 Å². The second-order valence-electron chi connectivity index (χ2n) is 5.50. The maximum absolute atomic E-state index is 11.5. The molecule has 1 fully saturated rings. The molecule has 1 heterocycles. The van der Waals surface area contributed by atoms with E-state index in [9.17, 15) is 34.8 Å². The first-order chi connectivity index (χ1) is 11.6. The molecule has 0 saturated carbocycles. The number of carbonyl (C=O) groups is 3. The van der Waals surface area contributed by atoms with E-state index in [1.165, 1.54) is 0 Å². The third-order valence-corrected chi connectivity index (χ3v) is 3.60. The molecule has 1 aliphatic heterocycles. The minimum Gasteiger partial charge on any atom is -0.476 e. The smallest absolute Gasteiger partial charge is 0.377 e. The van der Waals surface area contributed by atoms with Gasteiger partial charge in [-0.3, -0.25) is 9.59 Å². The van der Waals surface area contributed by atoms with Crippen LogP contribution in [-0.4, -0.2) is 97.9 Å². The zero-order chi connectivity index (χ0) is 19.4. The number of amides is 1. The van der Waals surface area contributed by atoms with Crippen LogP contribution in [0.25, 0.3) is 0 Å². The van der Waals surface area contributed by atoms with Crippen molar-refractivity contribution in [3.63, 3.8) is 0 Å². The molecule has 1 rings (SSSR count). The largest absolute Gasteiger partial charge is 0.476 e. The molecule has 0 aromatic carbocycles. The van der Waals surface area contributed by atoms with Gasteiger partial charge in [0.25, 0.3) is 0 Å². The van der Waals surface area contributed by atoms with Gasteiger partial charge in [-0.25, -0.2) is 4.79 Å². The van der Waals surface area contributed by atoms with Gasteiger partial charge < -0.3 is 45.4 Å². The number of nitrogens with one attached hydrogen (secondary N) is 1. The number of esters is 1. The summed E-state index contributed by atoms with van der Waals surface area (Å²) in [5, 5.41) is 59.0. The average molecular weight is 367 g/mol. The van der Waals surface area contributed by atoms with Crippen molar-refractivity contribution in [2.45, 2.75) is 49.6 Å². The van der Waals surface area contributed by atoms with E-state index >= 15 is 0 Å². The summed E-state index contributed by atoms with van der Waals surface area (Å²) in [5.74, 6) is -6.49. The van der Waals surface area contributed by atoms with Crippen molar-refractivity contribution in [1.82, 2.24) is 5.32 Å². The number of aliphatic carboxylic acids is 1. The summed E-state index contributed by atoms with van der Waals surface area (Å²) >= 11 is 0. The Hall–Kier alpha value is -1.83. The van der Waals surface area contributed by atoms with Crippen LogP contribution in [-0.2, 0) is 23.9 Å². The SMILES string of the molecule is CC(=O)O[C@@]1(C(=O)O)C[C@H](O)[C@@H](NC(=O)CO)[C@H]([C@H](O)[C@H](O)CO)O1. The molecule has 0 bridgehead atoms. The number of aliphatic hydroxyl groups excluding tert-OH is 5. The standard InChI is InChI=1S/C13H21NO11/c1-5(17)24-13(12(22)23)2-6(18)9(14-8(20)4-16)11(25-13)10(21)7(19)3-15/h6-7,9-11,15-16,18-19,21H,2-4H2,1H3,(H,14,20)(H,22,23)/t6-,7+,9+,10+,11+,13-/m0/s1. The Labute approximate surface area is 141 Å². The third kappa shape index (κ3) is 4.84. The fraction of sp³-hybridized carbons (Fsp3) is 0.769. The lowest BCUT2D eigenvalue weighted by molar-refractivity contribution is -0.300. The Morgan fingerprint density at radius 2 is 1.92 bits per heavy atom. The summed E-state index contributed by atoms with van der Waals surface area (Å²) in [6.45, 7) is -1.01. The van der Waals surface area contributed by atoms with Gasteiger partial charge in [-0.05, 0) is 0 Å². The zero-order valence-electron chi connectivity index (χ0n) is 13.2. The molecule has 6 atom stereocenters. The van der Waals surface area contributed by atoms with Gasteiger partial charge in [-0.15, -0.1) is 0 Å². The van der Waals surface area contributed by atoms with E-state index in [4.69, 9.17) is 14.9 Å². The van der Waals surface area contributed by atoms with Crippen LogP contribution in [0.4, 0.5) is 0 Å². The van der Waals surface area contributed by atoms with Crippen LogP contribution in [0.3, 0.4) is 0 Å². The maximum Gasteiger partial charge on any atom is 0.377 e. The Balaban J connectivity index is 3.24. The van der Waals surface area contributed by atoms with Gasteiger partial charge in [0.1, 0.15) is 24.9 Å². The molecule has 1 saturated heterocycles. The molecular weight excluding hydrogens is 346 g/mol. The molecule has 0 unspecified atom stereocenters. The van der Waals surface area contributed by atoms with Crippen LogP contribution < -0.4 is 5.32 Å². The number of hydrogen-bond donors (Lipinski definition) is 7. The number of aliphatic hydroxyl groups is 5. The van der Waals surface area contributed by atoms with Gasteiger partial charge in [-0.2, -0.15) is 0 Å².